The molecule has 1 atom stereocenters. The standard InChI is InChI=1S/C14H20BrN3O/c1-9-12(6-10(15)7-13(9)16)14(19)17-11-4-3-5-18(2)8-11/h6-7,11H,3-5,8,16H2,1-2H3,(H,17,19). The third kappa shape index (κ3) is 3.48. The number of piperidine rings is 1. The molecule has 1 saturated heterocycles. The first-order valence-corrected chi connectivity index (χ1v) is 7.31. The molecule has 1 aliphatic heterocycles. The predicted octanol–water partition coefficient (Wildman–Crippen LogP) is 2.16. The Labute approximate surface area is 122 Å². The minimum Gasteiger partial charge on any atom is -0.398 e. The van der Waals surface area contributed by atoms with Crippen LogP contribution in [0.15, 0.2) is 16.6 Å². The van der Waals surface area contributed by atoms with Gasteiger partial charge < -0.3 is 16.0 Å². The minimum absolute atomic E-state index is 0.0363. The van der Waals surface area contributed by atoms with E-state index in [9.17, 15) is 4.79 Å². The third-order valence-corrected chi connectivity index (χ3v) is 4.07. The Kier molecular flexibility index (Phi) is 4.47. The molecule has 0 radical (unpaired) electrons. The highest BCUT2D eigenvalue weighted by atomic mass is 79.9. The highest BCUT2D eigenvalue weighted by molar-refractivity contribution is 9.10. The van der Waals surface area contributed by atoms with Crippen LogP contribution in [-0.4, -0.2) is 37.0 Å². The molecule has 19 heavy (non-hydrogen) atoms. The van der Waals surface area contributed by atoms with Crippen molar-refractivity contribution in [1.82, 2.24) is 10.2 Å². The van der Waals surface area contributed by atoms with Crippen LogP contribution in [0.3, 0.4) is 0 Å². The van der Waals surface area contributed by atoms with E-state index >= 15 is 0 Å². The summed E-state index contributed by atoms with van der Waals surface area (Å²) in [5, 5.41) is 3.10. The topological polar surface area (TPSA) is 58.4 Å². The molecule has 1 aromatic carbocycles. The number of nitrogens with zero attached hydrogens (tertiary/aromatic N) is 1. The van der Waals surface area contributed by atoms with Gasteiger partial charge in [-0.15, -0.1) is 0 Å². The molecule has 1 fully saturated rings. The lowest BCUT2D eigenvalue weighted by atomic mass is 10.0. The van der Waals surface area contributed by atoms with Crippen LogP contribution >= 0.6 is 15.9 Å². The quantitative estimate of drug-likeness (QED) is 0.819. The van der Waals surface area contributed by atoms with Crippen molar-refractivity contribution in [2.24, 2.45) is 0 Å². The van der Waals surface area contributed by atoms with E-state index in [4.69, 9.17) is 5.73 Å². The van der Waals surface area contributed by atoms with Crippen molar-refractivity contribution in [2.45, 2.75) is 25.8 Å². The smallest absolute Gasteiger partial charge is 0.251 e. The highest BCUT2D eigenvalue weighted by Crippen LogP contribution is 2.23. The molecular weight excluding hydrogens is 306 g/mol. The van der Waals surface area contributed by atoms with E-state index < -0.39 is 0 Å². The molecule has 0 aromatic heterocycles. The van der Waals surface area contributed by atoms with Crippen LogP contribution in [-0.2, 0) is 0 Å². The van der Waals surface area contributed by atoms with E-state index in [0.717, 1.165) is 36.0 Å². The summed E-state index contributed by atoms with van der Waals surface area (Å²) in [6.45, 7) is 3.90. The average molecular weight is 326 g/mol. The normalized spacial score (nSPS) is 20.3. The summed E-state index contributed by atoms with van der Waals surface area (Å²) in [4.78, 5) is 14.6. The van der Waals surface area contributed by atoms with E-state index in [1.165, 1.54) is 0 Å². The second-order valence-electron chi connectivity index (χ2n) is 5.24. The van der Waals surface area contributed by atoms with Gasteiger partial charge in [0.25, 0.3) is 5.91 Å². The molecule has 1 heterocycles. The SMILES string of the molecule is Cc1c(N)cc(Br)cc1C(=O)NC1CCCN(C)C1. The lowest BCUT2D eigenvalue weighted by Gasteiger charge is -2.30. The van der Waals surface area contributed by atoms with E-state index in [1.807, 2.05) is 19.1 Å². The number of benzene rings is 1. The summed E-state index contributed by atoms with van der Waals surface area (Å²) in [7, 11) is 2.08. The van der Waals surface area contributed by atoms with Gasteiger partial charge in [0.1, 0.15) is 0 Å². The third-order valence-electron chi connectivity index (χ3n) is 3.62. The Morgan fingerprint density at radius 2 is 2.26 bits per heavy atom. The maximum Gasteiger partial charge on any atom is 0.251 e. The number of halogens is 1. The molecule has 1 unspecified atom stereocenters. The van der Waals surface area contributed by atoms with Crippen molar-refractivity contribution in [1.29, 1.82) is 0 Å². The van der Waals surface area contributed by atoms with Crippen LogP contribution < -0.4 is 11.1 Å². The van der Waals surface area contributed by atoms with Crippen molar-refractivity contribution in [3.8, 4) is 0 Å². The molecule has 3 N–H and O–H groups in total. The van der Waals surface area contributed by atoms with Crippen LogP contribution in [0.2, 0.25) is 0 Å². The van der Waals surface area contributed by atoms with E-state index in [2.05, 4.69) is 33.2 Å². The Hall–Kier alpha value is -1.07. The van der Waals surface area contributed by atoms with Gasteiger partial charge in [0.15, 0.2) is 0 Å². The molecule has 2 rings (SSSR count). The summed E-state index contributed by atoms with van der Waals surface area (Å²) in [6, 6.07) is 3.87. The van der Waals surface area contributed by atoms with Crippen molar-refractivity contribution < 1.29 is 4.79 Å². The predicted molar refractivity (Wildman–Crippen MR) is 81.3 cm³/mol. The maximum atomic E-state index is 12.3. The zero-order valence-corrected chi connectivity index (χ0v) is 13.0. The molecule has 0 spiro atoms. The minimum atomic E-state index is -0.0363. The molecule has 0 aliphatic carbocycles. The summed E-state index contributed by atoms with van der Waals surface area (Å²) < 4.78 is 0.835. The van der Waals surface area contributed by atoms with Gasteiger partial charge in [0, 0.05) is 28.3 Å². The van der Waals surface area contributed by atoms with Crippen LogP contribution in [0, 0.1) is 6.92 Å². The number of carbonyl (C=O) groups is 1. The van der Waals surface area contributed by atoms with E-state index in [1.54, 1.807) is 0 Å². The number of nitrogens with two attached hydrogens (primary N) is 1. The first-order valence-electron chi connectivity index (χ1n) is 6.52. The van der Waals surface area contributed by atoms with Crippen molar-refractivity contribution in [2.75, 3.05) is 25.9 Å². The molecule has 104 valence electrons. The lowest BCUT2D eigenvalue weighted by molar-refractivity contribution is 0.0912. The molecule has 1 aromatic rings. The summed E-state index contributed by atoms with van der Waals surface area (Å²) in [6.07, 6.45) is 2.17. The fourth-order valence-electron chi connectivity index (χ4n) is 2.48. The fourth-order valence-corrected chi connectivity index (χ4v) is 2.96. The lowest BCUT2D eigenvalue weighted by Crippen LogP contribution is -2.46. The molecular formula is C14H20BrN3O. The Morgan fingerprint density at radius 1 is 1.53 bits per heavy atom. The number of hydrogen-bond donors (Lipinski definition) is 2. The second-order valence-corrected chi connectivity index (χ2v) is 6.16. The molecule has 0 bridgehead atoms. The van der Waals surface area contributed by atoms with E-state index in [-0.39, 0.29) is 11.9 Å². The molecule has 1 aliphatic rings. The number of likely N-dealkylation sites (N-methyl/N-ethyl adjacent to an activating group) is 1. The van der Waals surface area contributed by atoms with Crippen molar-refractivity contribution in [3.63, 3.8) is 0 Å². The van der Waals surface area contributed by atoms with Crippen LogP contribution in [0.1, 0.15) is 28.8 Å². The zero-order valence-electron chi connectivity index (χ0n) is 11.4. The Bertz CT molecular complexity index is 490. The number of nitrogen functional groups attached to an aromatic ring is 1. The molecule has 5 heteroatoms. The van der Waals surface area contributed by atoms with Gasteiger partial charge in [-0.25, -0.2) is 0 Å². The van der Waals surface area contributed by atoms with Gasteiger partial charge in [0.05, 0.1) is 0 Å². The van der Waals surface area contributed by atoms with Gasteiger partial charge in [-0.1, -0.05) is 15.9 Å². The zero-order chi connectivity index (χ0) is 14.0. The Balaban J connectivity index is 2.11. The summed E-state index contributed by atoms with van der Waals surface area (Å²) >= 11 is 3.38. The maximum absolute atomic E-state index is 12.3. The van der Waals surface area contributed by atoms with Crippen molar-refractivity contribution >= 4 is 27.5 Å². The number of hydrogen-bond acceptors (Lipinski definition) is 3. The second kappa shape index (κ2) is 5.92. The number of carbonyl (C=O) groups excluding carboxylic acids is 1. The monoisotopic (exact) mass is 325 g/mol. The van der Waals surface area contributed by atoms with Gasteiger partial charge in [-0.05, 0) is 51.1 Å². The largest absolute Gasteiger partial charge is 0.398 e. The van der Waals surface area contributed by atoms with Crippen LogP contribution in [0.5, 0.6) is 0 Å². The summed E-state index contributed by atoms with van der Waals surface area (Å²) in [5.74, 6) is -0.0363. The average Bonchev–Trinajstić information content (AvgIpc) is 2.33. The Morgan fingerprint density at radius 3 is 2.95 bits per heavy atom. The number of likely N-dealkylation sites (tertiary alicyclic amines) is 1. The van der Waals surface area contributed by atoms with Gasteiger partial charge in [-0.2, -0.15) is 0 Å². The number of amides is 1. The molecule has 1 amide bonds. The van der Waals surface area contributed by atoms with Gasteiger partial charge >= 0.3 is 0 Å². The van der Waals surface area contributed by atoms with Crippen LogP contribution in [0.4, 0.5) is 5.69 Å². The van der Waals surface area contributed by atoms with Gasteiger partial charge in [0.2, 0.25) is 0 Å². The molecule has 4 nitrogen and oxygen atoms in total. The number of anilines is 1. The summed E-state index contributed by atoms with van der Waals surface area (Å²) in [5.41, 5.74) is 8.03. The van der Waals surface area contributed by atoms with Gasteiger partial charge in [-0.3, -0.25) is 4.79 Å². The molecule has 0 saturated carbocycles. The number of nitrogens with one attached hydrogen (secondary N) is 1. The fraction of sp³-hybridized carbons (Fsp3) is 0.500. The van der Waals surface area contributed by atoms with Crippen LogP contribution in [0.25, 0.3) is 0 Å². The first kappa shape index (κ1) is 14.3. The van der Waals surface area contributed by atoms with E-state index in [0.29, 0.717) is 11.3 Å². The highest BCUT2D eigenvalue weighted by Gasteiger charge is 2.21. The van der Waals surface area contributed by atoms with Crippen molar-refractivity contribution in [3.05, 3.63) is 27.7 Å². The first-order chi connectivity index (χ1) is 8.97. The number of rotatable bonds is 2.